The Morgan fingerprint density at radius 2 is 0.800 bits per heavy atom. The molecule has 2 nitrogen and oxygen atoms in total. The van der Waals surface area contributed by atoms with Crippen molar-refractivity contribution < 1.29 is 33.5 Å². The van der Waals surface area contributed by atoms with Gasteiger partial charge in [0.1, 0.15) is 11.5 Å². The van der Waals surface area contributed by atoms with Crippen molar-refractivity contribution >= 4 is 10.6 Å². The number of hydrogen-bond donors (Lipinski definition) is 2. The molecule has 15 heavy (non-hydrogen) atoms. The van der Waals surface area contributed by atoms with E-state index < -0.39 is 10.6 Å². The van der Waals surface area contributed by atoms with Crippen LogP contribution >= 0.6 is 10.6 Å². The number of hydrogen-bond acceptors (Lipinski definition) is 2. The number of phenols is 2. The highest BCUT2D eigenvalue weighted by atomic mass is 32.5. The van der Waals surface area contributed by atoms with Crippen LogP contribution < -0.4 is 0 Å². The van der Waals surface area contributed by atoms with E-state index in [0.29, 0.717) is 0 Å². The summed E-state index contributed by atoms with van der Waals surface area (Å²) >= 11 is 0. The SMILES string of the molecule is FS(F)(F)(F)(F)F.Oc1ccc(O)cc1. The lowest BCUT2D eigenvalue weighted by molar-refractivity contribution is 0.291. The summed E-state index contributed by atoms with van der Waals surface area (Å²) in [6, 6.07) is 5.70. The van der Waals surface area contributed by atoms with Gasteiger partial charge in [0.05, 0.1) is 0 Å². The highest BCUT2D eigenvalue weighted by Gasteiger charge is 2.64. The van der Waals surface area contributed by atoms with Crippen molar-refractivity contribution in [2.24, 2.45) is 0 Å². The van der Waals surface area contributed by atoms with Crippen LogP contribution in [0.5, 0.6) is 11.5 Å². The molecule has 0 unspecified atom stereocenters. The molecule has 0 aliphatic heterocycles. The van der Waals surface area contributed by atoms with E-state index in [0.717, 1.165) is 0 Å². The third-order valence-corrected chi connectivity index (χ3v) is 0.850. The smallest absolute Gasteiger partial charge is 0.431 e. The molecule has 0 atom stereocenters. The van der Waals surface area contributed by atoms with Crippen molar-refractivity contribution in [1.29, 1.82) is 0 Å². The molecule has 0 saturated carbocycles. The molecule has 0 amide bonds. The highest BCUT2D eigenvalue weighted by Crippen LogP contribution is 2.99. The molecule has 2 N–H and O–H groups in total. The van der Waals surface area contributed by atoms with Crippen LogP contribution in [0.25, 0.3) is 0 Å². The largest absolute Gasteiger partial charge is 0.508 e. The molecule has 0 bridgehead atoms. The quantitative estimate of drug-likeness (QED) is 0.537. The molecule has 1 aromatic rings. The first-order chi connectivity index (χ1) is 6.24. The lowest BCUT2D eigenvalue weighted by atomic mass is 10.3. The average molecular weight is 256 g/mol. The maximum atomic E-state index is 9.85. The maximum absolute atomic E-state index is 10.5. The van der Waals surface area contributed by atoms with Crippen molar-refractivity contribution in [1.82, 2.24) is 0 Å². The monoisotopic (exact) mass is 256 g/mol. The molecule has 0 radical (unpaired) electrons. The van der Waals surface area contributed by atoms with Crippen molar-refractivity contribution in [3.05, 3.63) is 24.3 Å². The maximum Gasteiger partial charge on any atom is 0.431 e. The van der Waals surface area contributed by atoms with Gasteiger partial charge in [-0.3, -0.25) is 0 Å². The highest BCUT2D eigenvalue weighted by molar-refractivity contribution is 8.41. The molecule has 0 heterocycles. The Kier molecular flexibility index (Phi) is 2.86. The van der Waals surface area contributed by atoms with Crippen LogP contribution in [0.2, 0.25) is 0 Å². The van der Waals surface area contributed by atoms with Gasteiger partial charge in [-0.15, -0.1) is 0 Å². The fourth-order valence-electron chi connectivity index (χ4n) is 0.453. The molecule has 0 aromatic heterocycles. The number of benzene rings is 1. The normalized spacial score (nSPS) is 15.6. The minimum Gasteiger partial charge on any atom is -0.508 e. The summed E-state index contributed by atoms with van der Waals surface area (Å²) in [6.07, 6.45) is 0. The van der Waals surface area contributed by atoms with Crippen LogP contribution in [-0.2, 0) is 0 Å². The van der Waals surface area contributed by atoms with Crippen molar-refractivity contribution in [2.75, 3.05) is 0 Å². The van der Waals surface area contributed by atoms with Gasteiger partial charge in [0.2, 0.25) is 0 Å². The summed E-state index contributed by atoms with van der Waals surface area (Å²) in [7, 11) is -10.5. The van der Waals surface area contributed by atoms with Crippen LogP contribution in [-0.4, -0.2) is 10.2 Å². The molecule has 90 valence electrons. The predicted octanol–water partition coefficient (Wildman–Crippen LogP) is 4.27. The van der Waals surface area contributed by atoms with Gasteiger partial charge < -0.3 is 10.2 Å². The van der Waals surface area contributed by atoms with Gasteiger partial charge in [0.25, 0.3) is 0 Å². The van der Waals surface area contributed by atoms with E-state index in [-0.39, 0.29) is 11.5 Å². The van der Waals surface area contributed by atoms with Gasteiger partial charge in [-0.05, 0) is 24.3 Å². The first-order valence-electron chi connectivity index (χ1n) is 3.19. The Morgan fingerprint density at radius 1 is 0.667 bits per heavy atom. The van der Waals surface area contributed by atoms with E-state index in [4.69, 9.17) is 10.2 Å². The standard InChI is InChI=1S/C6H6O2.F6S/c7-5-1-2-6(8)4-3-5;1-7(2,3,4,5)6/h1-4,7-8H;. The van der Waals surface area contributed by atoms with Gasteiger partial charge in [-0.1, -0.05) is 23.3 Å². The third kappa shape index (κ3) is 19.2. The van der Waals surface area contributed by atoms with Crippen LogP contribution in [0.15, 0.2) is 24.3 Å². The molecule has 1 rings (SSSR count). The second kappa shape index (κ2) is 3.12. The molecule has 1 aromatic carbocycles. The van der Waals surface area contributed by atoms with E-state index in [1.165, 1.54) is 24.3 Å². The Morgan fingerprint density at radius 3 is 0.933 bits per heavy atom. The first kappa shape index (κ1) is 13.8. The average Bonchev–Trinajstić information content (AvgIpc) is 1.88. The van der Waals surface area contributed by atoms with Crippen molar-refractivity contribution in [2.45, 2.75) is 0 Å². The number of aromatic hydroxyl groups is 2. The minimum atomic E-state index is -10.5. The van der Waals surface area contributed by atoms with Crippen molar-refractivity contribution in [3.8, 4) is 11.5 Å². The molecule has 0 fully saturated rings. The Hall–Kier alpha value is -1.25. The van der Waals surface area contributed by atoms with Crippen LogP contribution in [0.4, 0.5) is 23.3 Å². The molecular formula is C6H6F6O2S. The molecular weight excluding hydrogens is 250 g/mol. The van der Waals surface area contributed by atoms with E-state index in [9.17, 15) is 23.3 Å². The summed E-state index contributed by atoms with van der Waals surface area (Å²) in [6.45, 7) is 0. The summed E-state index contributed by atoms with van der Waals surface area (Å²) < 4.78 is 59.1. The van der Waals surface area contributed by atoms with Gasteiger partial charge in [0, 0.05) is 0 Å². The van der Waals surface area contributed by atoms with Gasteiger partial charge in [-0.25, -0.2) is 0 Å². The summed E-state index contributed by atoms with van der Waals surface area (Å²) in [4.78, 5) is 0. The molecule has 0 spiro atoms. The minimum absolute atomic E-state index is 0.169. The van der Waals surface area contributed by atoms with Crippen LogP contribution in [0.3, 0.4) is 0 Å². The van der Waals surface area contributed by atoms with E-state index in [2.05, 4.69) is 0 Å². The summed E-state index contributed by atoms with van der Waals surface area (Å²) in [5, 5.41) is 17.3. The zero-order valence-corrected chi connectivity index (χ0v) is 7.70. The molecule has 9 heteroatoms. The van der Waals surface area contributed by atoms with E-state index in [1.54, 1.807) is 0 Å². The fraction of sp³-hybridized carbons (Fsp3) is 0. The molecule has 0 saturated heterocycles. The van der Waals surface area contributed by atoms with Gasteiger partial charge in [0.15, 0.2) is 0 Å². The van der Waals surface area contributed by atoms with Crippen LogP contribution in [0.1, 0.15) is 0 Å². The number of halogens is 6. The second-order valence-electron chi connectivity index (χ2n) is 2.39. The van der Waals surface area contributed by atoms with Crippen LogP contribution in [0, 0.1) is 0 Å². The Labute approximate surface area is 80.8 Å². The van der Waals surface area contributed by atoms with Gasteiger partial charge in [-0.2, -0.15) is 0 Å². The molecule has 0 aliphatic rings. The van der Waals surface area contributed by atoms with E-state index in [1.807, 2.05) is 0 Å². The lowest BCUT2D eigenvalue weighted by Gasteiger charge is -2.28. The van der Waals surface area contributed by atoms with E-state index >= 15 is 0 Å². The Balaban J connectivity index is 0.000000265. The zero-order chi connectivity index (χ0) is 12.4. The van der Waals surface area contributed by atoms with Crippen molar-refractivity contribution in [3.63, 3.8) is 0 Å². The second-order valence-corrected chi connectivity index (χ2v) is 4.14. The first-order valence-corrected chi connectivity index (χ1v) is 5.05. The topological polar surface area (TPSA) is 40.5 Å². The summed E-state index contributed by atoms with van der Waals surface area (Å²) in [5.74, 6) is 0.339. The molecule has 0 aliphatic carbocycles. The Bertz CT molecular complexity index is 295. The van der Waals surface area contributed by atoms with Gasteiger partial charge >= 0.3 is 10.6 Å². The lowest BCUT2D eigenvalue weighted by Crippen LogP contribution is -1.92. The fourth-order valence-corrected chi connectivity index (χ4v) is 0.453. The summed E-state index contributed by atoms with van der Waals surface area (Å²) in [5.41, 5.74) is 0. The third-order valence-electron chi connectivity index (χ3n) is 0.850. The predicted molar refractivity (Wildman–Crippen MR) is 44.0 cm³/mol. The number of rotatable bonds is 0. The number of phenolic OH excluding ortho intramolecular Hbond substituents is 2. The zero-order valence-electron chi connectivity index (χ0n) is 6.88.